The van der Waals surface area contributed by atoms with Crippen LogP contribution in [0.25, 0.3) is 11.3 Å². The number of carbonyl (C=O) groups excluding carboxylic acids is 1. The molecule has 0 fully saturated rings. The molecule has 3 aromatic rings. The third-order valence-electron chi connectivity index (χ3n) is 3.96. The summed E-state index contributed by atoms with van der Waals surface area (Å²) in [4.78, 5) is 26.6. The van der Waals surface area contributed by atoms with Gasteiger partial charge in [-0.2, -0.15) is 0 Å². The number of nitrogens with zero attached hydrogens (tertiary/aromatic N) is 2. The number of rotatable bonds is 6. The highest BCUT2D eigenvalue weighted by Crippen LogP contribution is 2.29. The number of ether oxygens (including phenoxy) is 1. The molecule has 0 aliphatic rings. The van der Waals surface area contributed by atoms with Gasteiger partial charge in [-0.05, 0) is 24.3 Å². The molecule has 1 amide bonds. The topological polar surface area (TPSA) is 128 Å². The average Bonchev–Trinajstić information content (AvgIpc) is 3.15. The Kier molecular flexibility index (Phi) is 5.80. The van der Waals surface area contributed by atoms with Crippen molar-refractivity contribution in [1.82, 2.24) is 4.98 Å². The van der Waals surface area contributed by atoms with Gasteiger partial charge in [0.1, 0.15) is 0 Å². The van der Waals surface area contributed by atoms with E-state index in [0.717, 1.165) is 35.8 Å². The van der Waals surface area contributed by atoms with E-state index < -0.39 is 32.2 Å². The van der Waals surface area contributed by atoms with Gasteiger partial charge in [-0.3, -0.25) is 20.2 Å². The number of sulfone groups is 1. The van der Waals surface area contributed by atoms with E-state index in [2.05, 4.69) is 10.3 Å². The number of nitro groups is 1. The predicted molar refractivity (Wildman–Crippen MR) is 108 cm³/mol. The number of thiazole rings is 1. The van der Waals surface area contributed by atoms with Crippen molar-refractivity contribution in [3.63, 3.8) is 0 Å². The smallest absolute Gasteiger partial charge is 0.271 e. The maximum atomic E-state index is 13.9. The molecule has 0 bridgehead atoms. The molecule has 0 unspecified atom stereocenters. The van der Waals surface area contributed by atoms with Crippen LogP contribution in [0.1, 0.15) is 10.4 Å². The van der Waals surface area contributed by atoms with E-state index in [1.807, 2.05) is 0 Å². The van der Waals surface area contributed by atoms with Crippen LogP contribution >= 0.6 is 11.3 Å². The number of anilines is 1. The lowest BCUT2D eigenvalue weighted by Crippen LogP contribution is -2.13. The molecule has 12 heteroatoms. The van der Waals surface area contributed by atoms with Crippen LogP contribution in [0.5, 0.6) is 5.75 Å². The number of benzene rings is 2. The normalized spacial score (nSPS) is 11.2. The summed E-state index contributed by atoms with van der Waals surface area (Å²) in [5.74, 6) is -1.27. The number of aromatic nitrogens is 1. The molecule has 0 saturated heterocycles. The highest BCUT2D eigenvalue weighted by Gasteiger charge is 2.20. The quantitative estimate of drug-likeness (QED) is 0.448. The second-order valence-electron chi connectivity index (χ2n) is 6.09. The predicted octanol–water partition coefficient (Wildman–Crippen LogP) is 3.52. The van der Waals surface area contributed by atoms with Gasteiger partial charge in [0.25, 0.3) is 11.6 Å². The molecule has 3 rings (SSSR count). The van der Waals surface area contributed by atoms with E-state index in [1.165, 1.54) is 19.2 Å². The number of halogens is 1. The van der Waals surface area contributed by atoms with Crippen molar-refractivity contribution >= 4 is 37.9 Å². The number of methoxy groups -OCH3 is 1. The van der Waals surface area contributed by atoms with Crippen molar-refractivity contribution in [1.29, 1.82) is 0 Å². The Labute approximate surface area is 174 Å². The summed E-state index contributed by atoms with van der Waals surface area (Å²) in [6, 6.07) is 7.17. The monoisotopic (exact) mass is 451 g/mol. The van der Waals surface area contributed by atoms with Crippen LogP contribution in [-0.4, -0.2) is 37.6 Å². The lowest BCUT2D eigenvalue weighted by molar-refractivity contribution is -0.385. The standard InChI is InChI=1S/C18H14FN3O6S2/c1-28-16-4-3-10(7-14(16)19)15-9-29-18(20-15)21-17(23)11-5-12(22(24)25)8-13(6-11)30(2,26)27/h3-9H,1-2H3,(H,20,21,23). The van der Waals surface area contributed by atoms with Crippen molar-refractivity contribution < 1.29 is 27.3 Å². The first-order valence-electron chi connectivity index (χ1n) is 8.19. The zero-order valence-corrected chi connectivity index (χ0v) is 17.2. The third kappa shape index (κ3) is 4.60. The van der Waals surface area contributed by atoms with E-state index >= 15 is 0 Å². The summed E-state index contributed by atoms with van der Waals surface area (Å²) < 4.78 is 42.3. The SMILES string of the molecule is COc1ccc(-c2csc(NC(=O)c3cc([N+](=O)[O-])cc(S(C)(=O)=O)c3)n2)cc1F. The average molecular weight is 451 g/mol. The summed E-state index contributed by atoms with van der Waals surface area (Å²) in [5, 5.41) is 15.3. The van der Waals surface area contributed by atoms with Crippen LogP contribution in [0.3, 0.4) is 0 Å². The molecule has 1 heterocycles. The fraction of sp³-hybridized carbons (Fsp3) is 0.111. The summed E-state index contributed by atoms with van der Waals surface area (Å²) in [6.45, 7) is 0. The van der Waals surface area contributed by atoms with Crippen LogP contribution in [0, 0.1) is 15.9 Å². The van der Waals surface area contributed by atoms with E-state index in [0.29, 0.717) is 11.3 Å². The Morgan fingerprint density at radius 3 is 2.60 bits per heavy atom. The first kappa shape index (κ1) is 21.3. The van der Waals surface area contributed by atoms with Crippen molar-refractivity contribution in [2.45, 2.75) is 4.90 Å². The Morgan fingerprint density at radius 2 is 2.00 bits per heavy atom. The molecule has 1 N–H and O–H groups in total. The van der Waals surface area contributed by atoms with Gasteiger partial charge in [0.05, 0.1) is 22.6 Å². The number of nitro benzene ring substituents is 1. The highest BCUT2D eigenvalue weighted by atomic mass is 32.2. The maximum Gasteiger partial charge on any atom is 0.271 e. The lowest BCUT2D eigenvalue weighted by atomic mass is 10.1. The molecule has 0 saturated carbocycles. The largest absolute Gasteiger partial charge is 0.494 e. The zero-order valence-electron chi connectivity index (χ0n) is 15.6. The van der Waals surface area contributed by atoms with E-state index in [1.54, 1.807) is 11.4 Å². The molecular weight excluding hydrogens is 437 g/mol. The summed E-state index contributed by atoms with van der Waals surface area (Å²) in [7, 11) is -2.43. The van der Waals surface area contributed by atoms with Gasteiger partial charge in [0.2, 0.25) is 0 Å². The molecule has 0 radical (unpaired) electrons. The fourth-order valence-electron chi connectivity index (χ4n) is 2.49. The molecule has 0 atom stereocenters. The molecule has 30 heavy (non-hydrogen) atoms. The van der Waals surface area contributed by atoms with Crippen LogP contribution < -0.4 is 10.1 Å². The molecule has 9 nitrogen and oxygen atoms in total. The second kappa shape index (κ2) is 8.16. The number of amides is 1. The lowest BCUT2D eigenvalue weighted by Gasteiger charge is -2.05. The second-order valence-corrected chi connectivity index (χ2v) is 8.96. The van der Waals surface area contributed by atoms with E-state index in [-0.39, 0.29) is 21.3 Å². The van der Waals surface area contributed by atoms with E-state index in [4.69, 9.17) is 4.74 Å². The molecule has 0 aliphatic carbocycles. The summed E-state index contributed by atoms with van der Waals surface area (Å²) in [6.07, 6.45) is 0.884. The van der Waals surface area contributed by atoms with Gasteiger partial charge >= 0.3 is 0 Å². The Bertz CT molecular complexity index is 1260. The molecule has 1 aromatic heterocycles. The first-order chi connectivity index (χ1) is 14.1. The third-order valence-corrected chi connectivity index (χ3v) is 5.81. The van der Waals surface area contributed by atoms with Crippen LogP contribution in [0.2, 0.25) is 0 Å². The van der Waals surface area contributed by atoms with Gasteiger partial charge < -0.3 is 4.74 Å². The zero-order chi connectivity index (χ0) is 22.1. The van der Waals surface area contributed by atoms with Crippen LogP contribution in [0.15, 0.2) is 46.7 Å². The van der Waals surface area contributed by atoms with Gasteiger partial charge in [0, 0.05) is 34.9 Å². The van der Waals surface area contributed by atoms with Gasteiger partial charge in [0.15, 0.2) is 26.5 Å². The number of nitrogens with one attached hydrogen (secondary N) is 1. The Hall–Kier alpha value is -3.38. The van der Waals surface area contributed by atoms with Gasteiger partial charge in [-0.25, -0.2) is 17.8 Å². The molecular formula is C18H14FN3O6S2. The van der Waals surface area contributed by atoms with Crippen molar-refractivity contribution in [3.05, 3.63) is 63.3 Å². The molecule has 2 aromatic carbocycles. The minimum Gasteiger partial charge on any atom is -0.494 e. The number of non-ortho nitro benzene ring substituents is 1. The number of hydrogen-bond acceptors (Lipinski definition) is 8. The van der Waals surface area contributed by atoms with E-state index in [9.17, 15) is 27.7 Å². The minimum atomic E-state index is -3.77. The van der Waals surface area contributed by atoms with Crippen molar-refractivity contribution in [2.75, 3.05) is 18.7 Å². The first-order valence-corrected chi connectivity index (χ1v) is 11.0. The summed E-state index contributed by atoms with van der Waals surface area (Å²) >= 11 is 1.05. The minimum absolute atomic E-state index is 0.0786. The molecule has 0 aliphatic heterocycles. The van der Waals surface area contributed by atoms with Gasteiger partial charge in [-0.1, -0.05) is 0 Å². The number of hydrogen-bond donors (Lipinski definition) is 1. The van der Waals surface area contributed by atoms with Gasteiger partial charge in [-0.15, -0.1) is 11.3 Å². The maximum absolute atomic E-state index is 13.9. The highest BCUT2D eigenvalue weighted by molar-refractivity contribution is 7.90. The van der Waals surface area contributed by atoms with Crippen molar-refractivity contribution in [3.8, 4) is 17.0 Å². The molecule has 0 spiro atoms. The van der Waals surface area contributed by atoms with Crippen molar-refractivity contribution in [2.24, 2.45) is 0 Å². The Morgan fingerprint density at radius 1 is 1.27 bits per heavy atom. The Balaban J connectivity index is 1.88. The van der Waals surface area contributed by atoms with Crippen LogP contribution in [-0.2, 0) is 9.84 Å². The number of carbonyl (C=O) groups is 1. The summed E-state index contributed by atoms with van der Waals surface area (Å²) in [5.41, 5.74) is 0.112. The van der Waals surface area contributed by atoms with Crippen LogP contribution in [0.4, 0.5) is 15.2 Å². The molecule has 156 valence electrons. The fourth-order valence-corrected chi connectivity index (χ4v) is 3.88.